The molecule has 2 heterocycles. The Morgan fingerprint density at radius 3 is 2.38 bits per heavy atom. The molecule has 0 atom stereocenters. The molecule has 21 heavy (non-hydrogen) atoms. The average molecular weight is 294 g/mol. The van der Waals surface area contributed by atoms with Gasteiger partial charge < -0.3 is 5.32 Å². The number of benzene rings is 1. The van der Waals surface area contributed by atoms with Crippen LogP contribution in [0.25, 0.3) is 11.1 Å². The number of nitrogens with zero attached hydrogens (tertiary/aromatic N) is 1. The number of carbonyl (C=O) groups excluding carboxylic acids is 1. The normalized spacial score (nSPS) is 10.3. The summed E-state index contributed by atoms with van der Waals surface area (Å²) in [6.07, 6.45) is 3.56. The highest BCUT2D eigenvalue weighted by molar-refractivity contribution is 7.08. The van der Waals surface area contributed by atoms with E-state index in [-0.39, 0.29) is 5.91 Å². The molecule has 3 aromatic rings. The molecule has 3 rings (SSSR count). The minimum absolute atomic E-state index is 0.0329. The largest absolute Gasteiger partial charge is 0.348 e. The topological polar surface area (TPSA) is 42.0 Å². The van der Waals surface area contributed by atoms with Crippen LogP contribution in [0.3, 0.4) is 0 Å². The van der Waals surface area contributed by atoms with Gasteiger partial charge in [-0.25, -0.2) is 0 Å². The highest BCUT2D eigenvalue weighted by Gasteiger charge is 2.05. The van der Waals surface area contributed by atoms with E-state index in [4.69, 9.17) is 0 Å². The van der Waals surface area contributed by atoms with Crippen LogP contribution in [0.4, 0.5) is 0 Å². The van der Waals surface area contributed by atoms with Crippen LogP contribution in [0, 0.1) is 0 Å². The van der Waals surface area contributed by atoms with E-state index in [1.165, 1.54) is 11.3 Å². The van der Waals surface area contributed by atoms with E-state index in [9.17, 15) is 4.79 Å². The van der Waals surface area contributed by atoms with Gasteiger partial charge in [-0.2, -0.15) is 11.3 Å². The first kappa shape index (κ1) is 13.5. The Balaban J connectivity index is 1.64. The number of carbonyl (C=O) groups is 1. The zero-order valence-corrected chi connectivity index (χ0v) is 12.1. The SMILES string of the molecule is O=C(NCc1ccc(-c2ccncc2)cc1)c1ccsc1. The molecular weight excluding hydrogens is 280 g/mol. The average Bonchev–Trinajstić information content (AvgIpc) is 3.08. The first-order valence-corrected chi connectivity index (χ1v) is 7.57. The molecule has 0 unspecified atom stereocenters. The molecule has 0 aliphatic carbocycles. The molecule has 4 heteroatoms. The van der Waals surface area contributed by atoms with E-state index < -0.39 is 0 Å². The van der Waals surface area contributed by atoms with Gasteiger partial charge >= 0.3 is 0 Å². The van der Waals surface area contributed by atoms with Crippen molar-refractivity contribution >= 4 is 17.2 Å². The summed E-state index contributed by atoms with van der Waals surface area (Å²) in [6, 6.07) is 14.0. The summed E-state index contributed by atoms with van der Waals surface area (Å²) < 4.78 is 0. The number of pyridine rings is 1. The number of rotatable bonds is 4. The Hall–Kier alpha value is -2.46. The zero-order chi connectivity index (χ0) is 14.5. The molecule has 0 saturated carbocycles. The fourth-order valence-corrected chi connectivity index (χ4v) is 2.67. The Bertz CT molecular complexity index is 706. The fourth-order valence-electron chi connectivity index (χ4n) is 2.04. The Kier molecular flexibility index (Phi) is 4.07. The van der Waals surface area contributed by atoms with Crippen LogP contribution >= 0.6 is 11.3 Å². The van der Waals surface area contributed by atoms with Crippen molar-refractivity contribution in [3.05, 3.63) is 76.7 Å². The monoisotopic (exact) mass is 294 g/mol. The smallest absolute Gasteiger partial charge is 0.252 e. The summed E-state index contributed by atoms with van der Waals surface area (Å²) in [7, 11) is 0. The van der Waals surface area contributed by atoms with Gasteiger partial charge in [0.1, 0.15) is 0 Å². The minimum Gasteiger partial charge on any atom is -0.348 e. The molecule has 0 aliphatic heterocycles. The van der Waals surface area contributed by atoms with Crippen molar-refractivity contribution in [1.82, 2.24) is 10.3 Å². The summed E-state index contributed by atoms with van der Waals surface area (Å²) in [5.41, 5.74) is 4.08. The van der Waals surface area contributed by atoms with Gasteiger partial charge in [0.05, 0.1) is 0 Å². The van der Waals surface area contributed by atoms with Crippen LogP contribution in [0.15, 0.2) is 65.6 Å². The van der Waals surface area contributed by atoms with Crippen molar-refractivity contribution in [1.29, 1.82) is 0 Å². The van der Waals surface area contributed by atoms with Crippen LogP contribution in [0.5, 0.6) is 0 Å². The predicted octanol–water partition coefficient (Wildman–Crippen LogP) is 3.74. The third-order valence-electron chi connectivity index (χ3n) is 3.20. The molecule has 1 amide bonds. The number of nitrogens with one attached hydrogen (secondary N) is 1. The van der Waals surface area contributed by atoms with Crippen molar-refractivity contribution in [2.45, 2.75) is 6.54 Å². The van der Waals surface area contributed by atoms with Crippen molar-refractivity contribution < 1.29 is 4.79 Å². The van der Waals surface area contributed by atoms with E-state index >= 15 is 0 Å². The van der Waals surface area contributed by atoms with Crippen LogP contribution in [-0.4, -0.2) is 10.9 Å². The summed E-state index contributed by atoms with van der Waals surface area (Å²) in [6.45, 7) is 0.533. The Morgan fingerprint density at radius 1 is 1.00 bits per heavy atom. The second kappa shape index (κ2) is 6.33. The van der Waals surface area contributed by atoms with E-state index in [2.05, 4.69) is 22.4 Å². The maximum Gasteiger partial charge on any atom is 0.252 e. The van der Waals surface area contributed by atoms with Crippen LogP contribution in [0.2, 0.25) is 0 Å². The van der Waals surface area contributed by atoms with Gasteiger partial charge in [-0.1, -0.05) is 24.3 Å². The molecule has 1 N–H and O–H groups in total. The predicted molar refractivity (Wildman–Crippen MR) is 85.2 cm³/mol. The fraction of sp³-hybridized carbons (Fsp3) is 0.0588. The van der Waals surface area contributed by atoms with Crippen LogP contribution < -0.4 is 5.32 Å². The lowest BCUT2D eigenvalue weighted by molar-refractivity contribution is 0.0951. The quantitative estimate of drug-likeness (QED) is 0.796. The van der Waals surface area contributed by atoms with Crippen LogP contribution in [-0.2, 0) is 6.54 Å². The molecule has 2 aromatic heterocycles. The van der Waals surface area contributed by atoms with Crippen molar-refractivity contribution in [2.75, 3.05) is 0 Å². The highest BCUT2D eigenvalue weighted by atomic mass is 32.1. The lowest BCUT2D eigenvalue weighted by Crippen LogP contribution is -2.22. The minimum atomic E-state index is -0.0329. The van der Waals surface area contributed by atoms with Gasteiger partial charge in [0.25, 0.3) is 5.91 Å². The first-order valence-electron chi connectivity index (χ1n) is 6.63. The van der Waals surface area contributed by atoms with Crippen molar-refractivity contribution in [3.8, 4) is 11.1 Å². The molecule has 1 aromatic carbocycles. The molecule has 0 aliphatic rings. The molecule has 0 radical (unpaired) electrons. The van der Waals surface area contributed by atoms with Gasteiger partial charge in [0.15, 0.2) is 0 Å². The molecule has 0 spiro atoms. The summed E-state index contributed by atoms with van der Waals surface area (Å²) >= 11 is 1.52. The lowest BCUT2D eigenvalue weighted by Gasteiger charge is -2.06. The van der Waals surface area contributed by atoms with E-state index in [0.29, 0.717) is 12.1 Å². The van der Waals surface area contributed by atoms with Gasteiger partial charge in [0.2, 0.25) is 0 Å². The van der Waals surface area contributed by atoms with Gasteiger partial charge in [0, 0.05) is 29.9 Å². The molecule has 104 valence electrons. The number of aromatic nitrogens is 1. The molecule has 3 nitrogen and oxygen atoms in total. The second-order valence-corrected chi connectivity index (χ2v) is 5.41. The van der Waals surface area contributed by atoms with Crippen molar-refractivity contribution in [3.63, 3.8) is 0 Å². The zero-order valence-electron chi connectivity index (χ0n) is 11.3. The number of thiophene rings is 1. The van der Waals surface area contributed by atoms with Gasteiger partial charge in [-0.05, 0) is 40.3 Å². The van der Waals surface area contributed by atoms with Crippen molar-refractivity contribution in [2.24, 2.45) is 0 Å². The van der Waals surface area contributed by atoms with E-state index in [1.807, 2.05) is 41.1 Å². The number of hydrogen-bond donors (Lipinski definition) is 1. The summed E-state index contributed by atoms with van der Waals surface area (Å²) in [5.74, 6) is -0.0329. The molecule has 0 saturated heterocycles. The highest BCUT2D eigenvalue weighted by Crippen LogP contribution is 2.18. The third-order valence-corrected chi connectivity index (χ3v) is 3.89. The summed E-state index contributed by atoms with van der Waals surface area (Å²) in [5, 5.41) is 6.67. The van der Waals surface area contributed by atoms with E-state index in [0.717, 1.165) is 16.7 Å². The van der Waals surface area contributed by atoms with E-state index in [1.54, 1.807) is 12.4 Å². The number of amides is 1. The summed E-state index contributed by atoms with van der Waals surface area (Å²) in [4.78, 5) is 15.9. The lowest BCUT2D eigenvalue weighted by atomic mass is 10.1. The Labute approximate surface area is 127 Å². The number of hydrogen-bond acceptors (Lipinski definition) is 3. The second-order valence-electron chi connectivity index (χ2n) is 4.63. The molecule has 0 bridgehead atoms. The standard InChI is InChI=1S/C17H14N2OS/c20-17(16-7-10-21-12-16)19-11-13-1-3-14(4-2-13)15-5-8-18-9-6-15/h1-10,12H,11H2,(H,19,20). The molecule has 0 fully saturated rings. The first-order chi connectivity index (χ1) is 10.3. The Morgan fingerprint density at radius 2 is 1.71 bits per heavy atom. The van der Waals surface area contributed by atoms with Crippen LogP contribution in [0.1, 0.15) is 15.9 Å². The maximum atomic E-state index is 11.9. The van der Waals surface area contributed by atoms with Gasteiger partial charge in [-0.15, -0.1) is 0 Å². The molecular formula is C17H14N2OS. The maximum absolute atomic E-state index is 11.9. The third kappa shape index (κ3) is 3.35. The van der Waals surface area contributed by atoms with Gasteiger partial charge in [-0.3, -0.25) is 9.78 Å².